The summed E-state index contributed by atoms with van der Waals surface area (Å²) in [6, 6.07) is 18.6. The molecule has 3 heterocycles. The fourth-order valence-electron chi connectivity index (χ4n) is 3.56. The van der Waals surface area contributed by atoms with Gasteiger partial charge in [-0.25, -0.2) is 4.98 Å². The van der Waals surface area contributed by atoms with E-state index in [4.69, 9.17) is 0 Å². The van der Waals surface area contributed by atoms with E-state index in [0.717, 1.165) is 24.1 Å². The van der Waals surface area contributed by atoms with Crippen LogP contribution in [0.4, 0.5) is 0 Å². The molecule has 4 nitrogen and oxygen atoms in total. The second-order valence-electron chi connectivity index (χ2n) is 7.34. The van der Waals surface area contributed by atoms with Gasteiger partial charge >= 0.3 is 0 Å². The Morgan fingerprint density at radius 2 is 1.97 bits per heavy atom. The van der Waals surface area contributed by atoms with E-state index in [0.29, 0.717) is 12.2 Å². The summed E-state index contributed by atoms with van der Waals surface area (Å²) >= 11 is 1.73. The lowest BCUT2D eigenvalue weighted by atomic mass is 10.0. The first-order valence-electron chi connectivity index (χ1n) is 9.98. The van der Waals surface area contributed by atoms with Crippen LogP contribution >= 0.6 is 11.3 Å². The van der Waals surface area contributed by atoms with Crippen LogP contribution in [0.1, 0.15) is 46.6 Å². The Labute approximate surface area is 174 Å². The largest absolute Gasteiger partial charge is 0.300 e. The summed E-state index contributed by atoms with van der Waals surface area (Å²) in [7, 11) is 0. The third-order valence-corrected chi connectivity index (χ3v) is 5.96. The number of rotatable bonds is 7. The number of hydrogen-bond donors (Lipinski definition) is 1. The summed E-state index contributed by atoms with van der Waals surface area (Å²) in [4.78, 5) is 18.4. The van der Waals surface area contributed by atoms with Crippen molar-refractivity contribution in [3.8, 4) is 0 Å². The normalized spacial score (nSPS) is 12.3. The topological polar surface area (TPSA) is 46.4 Å². The molecule has 0 saturated carbocycles. The summed E-state index contributed by atoms with van der Waals surface area (Å²) in [5, 5.41) is 5.70. The maximum absolute atomic E-state index is 12.5. The Bertz CT molecular complexity index is 1150. The molecule has 4 rings (SSSR count). The van der Waals surface area contributed by atoms with E-state index in [1.807, 2.05) is 25.3 Å². The van der Waals surface area contributed by atoms with Crippen molar-refractivity contribution in [1.82, 2.24) is 14.7 Å². The molecular formula is C24H25N3OS. The van der Waals surface area contributed by atoms with Crippen LogP contribution in [0.3, 0.4) is 0 Å². The lowest BCUT2D eigenvalue weighted by Gasteiger charge is -2.18. The van der Waals surface area contributed by atoms with Crippen molar-refractivity contribution in [2.75, 3.05) is 0 Å². The Morgan fingerprint density at radius 1 is 1.14 bits per heavy atom. The highest BCUT2D eigenvalue weighted by Crippen LogP contribution is 2.27. The molecule has 5 heteroatoms. The molecule has 0 bridgehead atoms. The maximum atomic E-state index is 12.5. The van der Waals surface area contributed by atoms with Crippen molar-refractivity contribution < 1.29 is 0 Å². The zero-order chi connectivity index (χ0) is 20.2. The lowest BCUT2D eigenvalue weighted by molar-refractivity contribution is 0.603. The molecule has 148 valence electrons. The second-order valence-corrected chi connectivity index (χ2v) is 8.32. The minimum absolute atomic E-state index is 0.0490. The molecule has 1 N–H and O–H groups in total. The van der Waals surface area contributed by atoms with Gasteiger partial charge < -0.3 is 0 Å². The highest BCUT2D eigenvalue weighted by molar-refractivity contribution is 7.10. The Hall–Kier alpha value is -2.76. The zero-order valence-corrected chi connectivity index (χ0v) is 17.6. The van der Waals surface area contributed by atoms with Crippen molar-refractivity contribution in [2.24, 2.45) is 0 Å². The Morgan fingerprint density at radius 3 is 2.69 bits per heavy atom. The summed E-state index contributed by atoms with van der Waals surface area (Å²) < 4.78 is 1.60. The summed E-state index contributed by atoms with van der Waals surface area (Å²) in [5.74, 6) is 0. The van der Waals surface area contributed by atoms with Gasteiger partial charge in [-0.05, 0) is 47.5 Å². The number of nitrogens with zero attached hydrogens (tertiary/aromatic N) is 2. The number of fused-ring (bicyclic) bond motifs is 1. The number of hydrogen-bond acceptors (Lipinski definition) is 4. The molecule has 1 atom stereocenters. The number of aromatic nitrogens is 2. The molecule has 0 aliphatic heterocycles. The quantitative estimate of drug-likeness (QED) is 0.478. The van der Waals surface area contributed by atoms with E-state index in [1.54, 1.807) is 21.8 Å². The number of pyridine rings is 1. The molecule has 0 saturated heterocycles. The molecule has 0 fully saturated rings. The van der Waals surface area contributed by atoms with E-state index in [-0.39, 0.29) is 11.6 Å². The van der Waals surface area contributed by atoms with Crippen molar-refractivity contribution in [3.05, 3.63) is 104 Å². The van der Waals surface area contributed by atoms with Gasteiger partial charge in [-0.2, -0.15) is 0 Å². The van der Waals surface area contributed by atoms with Crippen LogP contribution in [0.2, 0.25) is 0 Å². The van der Waals surface area contributed by atoms with Crippen LogP contribution in [-0.2, 0) is 13.0 Å². The predicted molar refractivity (Wildman–Crippen MR) is 120 cm³/mol. The lowest BCUT2D eigenvalue weighted by Crippen LogP contribution is -2.24. The third-order valence-electron chi connectivity index (χ3n) is 5.03. The standard InChI is InChI=1S/C24H25N3OS/c1-3-5-18-8-10-19(11-9-18)24(21-6-4-13-29-21)25-15-20-14-23(28)27-16-17(2)7-12-22(27)26-20/h4,6-14,16,24-25H,3,5,15H2,1-2H3/t24-/m1/s1. The Balaban J connectivity index is 1.59. The highest BCUT2D eigenvalue weighted by Gasteiger charge is 2.15. The van der Waals surface area contributed by atoms with Crippen molar-refractivity contribution in [1.29, 1.82) is 0 Å². The third kappa shape index (κ3) is 4.47. The van der Waals surface area contributed by atoms with Crippen molar-refractivity contribution in [3.63, 3.8) is 0 Å². The average molecular weight is 404 g/mol. The highest BCUT2D eigenvalue weighted by atomic mass is 32.1. The molecule has 0 amide bonds. The van der Waals surface area contributed by atoms with Crippen molar-refractivity contribution >= 4 is 17.0 Å². The van der Waals surface area contributed by atoms with E-state index in [9.17, 15) is 4.79 Å². The Kier molecular flexibility index (Phi) is 5.88. The van der Waals surface area contributed by atoms with Gasteiger partial charge in [0.15, 0.2) is 0 Å². The van der Waals surface area contributed by atoms with Crippen molar-refractivity contribution in [2.45, 2.75) is 39.3 Å². The molecule has 0 aliphatic rings. The number of thiophene rings is 1. The first-order valence-corrected chi connectivity index (χ1v) is 10.9. The summed E-state index contributed by atoms with van der Waals surface area (Å²) in [6.45, 7) is 4.70. The first-order chi connectivity index (χ1) is 14.1. The van der Waals surface area contributed by atoms with Gasteiger partial charge in [-0.15, -0.1) is 11.3 Å². The van der Waals surface area contributed by atoms with E-state index >= 15 is 0 Å². The summed E-state index contributed by atoms with van der Waals surface area (Å²) in [6.07, 6.45) is 4.07. The van der Waals surface area contributed by atoms with Crippen LogP contribution in [0.15, 0.2) is 71.0 Å². The van der Waals surface area contributed by atoms with Gasteiger partial charge in [0.05, 0.1) is 11.7 Å². The molecule has 4 aromatic rings. The average Bonchev–Trinajstić information content (AvgIpc) is 3.25. The smallest absolute Gasteiger partial charge is 0.258 e. The van der Waals surface area contributed by atoms with Gasteiger partial charge in [-0.1, -0.05) is 49.7 Å². The molecule has 29 heavy (non-hydrogen) atoms. The van der Waals surface area contributed by atoms with Crippen LogP contribution in [0.25, 0.3) is 5.65 Å². The molecule has 0 spiro atoms. The SMILES string of the molecule is CCCc1ccc([C@@H](NCc2cc(=O)n3cc(C)ccc3n2)c2cccs2)cc1. The fraction of sp³-hybridized carbons (Fsp3) is 0.250. The first kappa shape index (κ1) is 19.6. The molecule has 0 radical (unpaired) electrons. The van der Waals surface area contributed by atoms with Gasteiger partial charge in [0, 0.05) is 23.7 Å². The van der Waals surface area contributed by atoms with Crippen LogP contribution in [-0.4, -0.2) is 9.38 Å². The number of aryl methyl sites for hydroxylation is 2. The van der Waals surface area contributed by atoms with Crippen LogP contribution in [0.5, 0.6) is 0 Å². The molecule has 0 unspecified atom stereocenters. The maximum Gasteiger partial charge on any atom is 0.258 e. The fourth-order valence-corrected chi connectivity index (χ4v) is 4.39. The molecular weight excluding hydrogens is 378 g/mol. The van der Waals surface area contributed by atoms with E-state index < -0.39 is 0 Å². The van der Waals surface area contributed by atoms with Gasteiger partial charge in [0.1, 0.15) is 5.65 Å². The van der Waals surface area contributed by atoms with Gasteiger partial charge in [0.2, 0.25) is 0 Å². The zero-order valence-electron chi connectivity index (χ0n) is 16.8. The van der Waals surface area contributed by atoms with E-state index in [2.05, 4.69) is 59.0 Å². The minimum atomic E-state index is -0.0490. The van der Waals surface area contributed by atoms with Gasteiger partial charge in [0.25, 0.3) is 5.56 Å². The van der Waals surface area contributed by atoms with E-state index in [1.165, 1.54) is 16.0 Å². The monoisotopic (exact) mass is 403 g/mol. The van der Waals surface area contributed by atoms with Crippen LogP contribution < -0.4 is 10.9 Å². The van der Waals surface area contributed by atoms with Crippen LogP contribution in [0, 0.1) is 6.92 Å². The number of nitrogens with one attached hydrogen (secondary N) is 1. The van der Waals surface area contributed by atoms with Gasteiger partial charge in [-0.3, -0.25) is 14.5 Å². The summed E-state index contributed by atoms with van der Waals surface area (Å²) in [5.41, 5.74) is 5.00. The molecule has 3 aromatic heterocycles. The molecule has 0 aliphatic carbocycles. The predicted octanol–water partition coefficient (Wildman–Crippen LogP) is 4.90. The number of benzene rings is 1. The second kappa shape index (κ2) is 8.72. The molecule has 1 aromatic carbocycles. The minimum Gasteiger partial charge on any atom is -0.300 e.